The number of aliphatic hydroxyl groups excluding tert-OH is 1. The number of carbonyl (C=O) groups excluding carboxylic acids is 1. The highest BCUT2D eigenvalue weighted by Crippen LogP contribution is 2.48. The molecule has 2 aliphatic heterocycles. The summed E-state index contributed by atoms with van der Waals surface area (Å²) in [5.74, 6) is -1.88. The molecule has 31 heavy (non-hydrogen) atoms. The standard InChI is InChI=1S/C23H21N3O5/c1-10(27)18-16-9-13(19(23(29)30)26(16)22(18)28)11-7-14-12-5-3-4-6-17(12)31-20(14)15(8-11)21(24)25-2/h3-8,10,16,18,27H,9H2,1-2H3,(H2,24,25)(H,29,30)/t10-,16-,18-/m1/s1. The van der Waals surface area contributed by atoms with Gasteiger partial charge in [-0.15, -0.1) is 0 Å². The number of hydrogen-bond acceptors (Lipinski definition) is 5. The number of amidine groups is 1. The van der Waals surface area contributed by atoms with Crippen molar-refractivity contribution in [1.29, 1.82) is 0 Å². The topological polar surface area (TPSA) is 129 Å². The molecule has 4 N–H and O–H groups in total. The number of aliphatic carboxylic acids is 1. The van der Waals surface area contributed by atoms with E-state index in [0.29, 0.717) is 34.3 Å². The number of β-lactam (4-membered cyclic amide) rings is 1. The lowest BCUT2D eigenvalue weighted by molar-refractivity contribution is -0.161. The maximum atomic E-state index is 12.6. The molecule has 3 heterocycles. The Kier molecular flexibility index (Phi) is 4.16. The lowest BCUT2D eigenvalue weighted by Crippen LogP contribution is -2.61. The van der Waals surface area contributed by atoms with Gasteiger partial charge in [0.15, 0.2) is 0 Å². The van der Waals surface area contributed by atoms with Crippen molar-refractivity contribution in [3.05, 3.63) is 53.2 Å². The van der Waals surface area contributed by atoms with Gasteiger partial charge in [0.25, 0.3) is 0 Å². The van der Waals surface area contributed by atoms with Crippen LogP contribution in [0.1, 0.15) is 24.5 Å². The van der Waals surface area contributed by atoms with Crippen LogP contribution < -0.4 is 5.73 Å². The molecular weight excluding hydrogens is 398 g/mol. The van der Waals surface area contributed by atoms with Gasteiger partial charge in [-0.3, -0.25) is 9.79 Å². The van der Waals surface area contributed by atoms with E-state index in [2.05, 4.69) is 4.99 Å². The van der Waals surface area contributed by atoms with Gasteiger partial charge in [0, 0.05) is 17.8 Å². The Balaban J connectivity index is 1.76. The Morgan fingerprint density at radius 3 is 2.71 bits per heavy atom. The molecular formula is C23H21N3O5. The second-order valence-electron chi connectivity index (χ2n) is 7.99. The van der Waals surface area contributed by atoms with Crippen LogP contribution in [-0.4, -0.2) is 52.0 Å². The number of carboxylic acid groups (broad SMARTS) is 1. The molecule has 8 heteroatoms. The number of para-hydroxylation sites is 1. The van der Waals surface area contributed by atoms with E-state index >= 15 is 0 Å². The molecule has 0 bridgehead atoms. The number of aliphatic hydroxyl groups is 1. The van der Waals surface area contributed by atoms with Crippen LogP contribution in [0.15, 0.2) is 51.5 Å². The van der Waals surface area contributed by atoms with E-state index < -0.39 is 18.0 Å². The average molecular weight is 419 g/mol. The zero-order valence-corrected chi connectivity index (χ0v) is 17.0. The van der Waals surface area contributed by atoms with Crippen molar-refractivity contribution in [1.82, 2.24) is 4.90 Å². The van der Waals surface area contributed by atoms with E-state index in [0.717, 1.165) is 10.8 Å². The smallest absolute Gasteiger partial charge is 0.352 e. The lowest BCUT2D eigenvalue weighted by atomic mass is 9.82. The molecule has 1 aromatic heterocycles. The maximum Gasteiger partial charge on any atom is 0.352 e. The summed E-state index contributed by atoms with van der Waals surface area (Å²) in [6.07, 6.45) is -0.505. The first-order valence-corrected chi connectivity index (χ1v) is 9.99. The summed E-state index contributed by atoms with van der Waals surface area (Å²) in [5.41, 5.74) is 9.11. The van der Waals surface area contributed by atoms with Crippen molar-refractivity contribution in [3.8, 4) is 0 Å². The number of amides is 1. The van der Waals surface area contributed by atoms with E-state index in [-0.39, 0.29) is 23.5 Å². The fourth-order valence-electron chi connectivity index (χ4n) is 4.84. The Hall–Kier alpha value is -3.65. The highest BCUT2D eigenvalue weighted by Gasteiger charge is 2.56. The first kappa shape index (κ1) is 19.3. The maximum absolute atomic E-state index is 12.6. The highest BCUT2D eigenvalue weighted by atomic mass is 16.4. The number of carbonyl (C=O) groups is 2. The minimum absolute atomic E-state index is 0.0444. The normalized spacial score (nSPS) is 22.2. The Morgan fingerprint density at radius 1 is 1.29 bits per heavy atom. The molecule has 0 aliphatic carbocycles. The highest BCUT2D eigenvalue weighted by molar-refractivity contribution is 6.16. The van der Waals surface area contributed by atoms with Crippen molar-refractivity contribution in [2.24, 2.45) is 16.6 Å². The number of furan rings is 1. The number of nitrogens with two attached hydrogens (primary N) is 1. The van der Waals surface area contributed by atoms with Crippen LogP contribution in [0.4, 0.5) is 0 Å². The van der Waals surface area contributed by atoms with E-state index in [1.807, 2.05) is 30.3 Å². The fraction of sp³-hybridized carbons (Fsp3) is 0.261. The van der Waals surface area contributed by atoms with Gasteiger partial charge in [-0.25, -0.2) is 4.79 Å². The number of nitrogens with zero attached hydrogens (tertiary/aromatic N) is 2. The fourth-order valence-corrected chi connectivity index (χ4v) is 4.84. The summed E-state index contributed by atoms with van der Waals surface area (Å²) < 4.78 is 6.03. The Labute approximate surface area is 177 Å². The van der Waals surface area contributed by atoms with Crippen LogP contribution in [0.2, 0.25) is 0 Å². The summed E-state index contributed by atoms with van der Waals surface area (Å²) in [4.78, 5) is 30.1. The summed E-state index contributed by atoms with van der Waals surface area (Å²) >= 11 is 0. The molecule has 3 atom stereocenters. The van der Waals surface area contributed by atoms with Crippen molar-refractivity contribution in [2.75, 3.05) is 7.05 Å². The average Bonchev–Trinajstić information content (AvgIpc) is 3.28. The van der Waals surface area contributed by atoms with E-state index in [1.165, 1.54) is 4.90 Å². The van der Waals surface area contributed by atoms with Crippen molar-refractivity contribution < 1.29 is 24.2 Å². The molecule has 3 aromatic rings. The SMILES string of the molecule is CN=C(N)c1cc(C2=C(C(=O)O)N3C(=O)[C@H]([C@@H](C)O)[C@H]3C2)cc2c1oc1ccccc12. The van der Waals surface area contributed by atoms with Gasteiger partial charge in [0.1, 0.15) is 22.7 Å². The summed E-state index contributed by atoms with van der Waals surface area (Å²) in [5, 5.41) is 21.6. The van der Waals surface area contributed by atoms with Crippen LogP contribution in [0.5, 0.6) is 0 Å². The molecule has 158 valence electrons. The Bertz CT molecular complexity index is 1330. The van der Waals surface area contributed by atoms with Gasteiger partial charge >= 0.3 is 5.97 Å². The number of aliphatic imine (C=N–C) groups is 1. The molecule has 0 spiro atoms. The van der Waals surface area contributed by atoms with Crippen molar-refractivity contribution >= 4 is 45.2 Å². The van der Waals surface area contributed by atoms with Gasteiger partial charge in [-0.05, 0) is 42.7 Å². The molecule has 1 saturated heterocycles. The second kappa shape index (κ2) is 6.68. The minimum atomic E-state index is -1.18. The zero-order valence-electron chi connectivity index (χ0n) is 17.0. The number of benzene rings is 2. The molecule has 1 fully saturated rings. The first-order valence-electron chi connectivity index (χ1n) is 9.99. The van der Waals surface area contributed by atoms with Crippen LogP contribution >= 0.6 is 0 Å². The third-order valence-corrected chi connectivity index (χ3v) is 6.27. The third kappa shape index (κ3) is 2.61. The third-order valence-electron chi connectivity index (χ3n) is 6.27. The van der Waals surface area contributed by atoms with Gasteiger partial charge in [0.2, 0.25) is 5.91 Å². The predicted octanol–water partition coefficient (Wildman–Crippen LogP) is 2.33. The molecule has 1 amide bonds. The van der Waals surface area contributed by atoms with E-state index in [9.17, 15) is 19.8 Å². The number of fused-ring (bicyclic) bond motifs is 4. The van der Waals surface area contributed by atoms with Crippen LogP contribution in [-0.2, 0) is 9.59 Å². The van der Waals surface area contributed by atoms with E-state index in [1.54, 1.807) is 20.0 Å². The van der Waals surface area contributed by atoms with Gasteiger partial charge in [-0.1, -0.05) is 18.2 Å². The Morgan fingerprint density at radius 2 is 2.03 bits per heavy atom. The predicted molar refractivity (Wildman–Crippen MR) is 115 cm³/mol. The zero-order chi connectivity index (χ0) is 22.0. The summed E-state index contributed by atoms with van der Waals surface area (Å²) in [7, 11) is 1.58. The number of hydrogen-bond donors (Lipinski definition) is 3. The molecule has 5 rings (SSSR count). The molecule has 0 radical (unpaired) electrons. The largest absolute Gasteiger partial charge is 0.477 e. The molecule has 2 aromatic carbocycles. The van der Waals surface area contributed by atoms with Crippen LogP contribution in [0.25, 0.3) is 27.5 Å². The molecule has 8 nitrogen and oxygen atoms in total. The monoisotopic (exact) mass is 419 g/mol. The van der Waals surface area contributed by atoms with Gasteiger partial charge in [-0.2, -0.15) is 0 Å². The second-order valence-corrected chi connectivity index (χ2v) is 7.99. The molecule has 0 saturated carbocycles. The summed E-state index contributed by atoms with van der Waals surface area (Å²) in [6, 6.07) is 10.8. The van der Waals surface area contributed by atoms with Gasteiger partial charge in [0.05, 0.1) is 23.6 Å². The molecule has 2 aliphatic rings. The van der Waals surface area contributed by atoms with Gasteiger partial charge < -0.3 is 25.3 Å². The van der Waals surface area contributed by atoms with Crippen LogP contribution in [0, 0.1) is 5.92 Å². The quantitative estimate of drug-likeness (QED) is 0.338. The lowest BCUT2D eigenvalue weighted by Gasteiger charge is -2.44. The number of rotatable bonds is 4. The minimum Gasteiger partial charge on any atom is -0.477 e. The van der Waals surface area contributed by atoms with E-state index in [4.69, 9.17) is 10.2 Å². The van der Waals surface area contributed by atoms with Crippen molar-refractivity contribution in [2.45, 2.75) is 25.5 Å². The van der Waals surface area contributed by atoms with Crippen LogP contribution in [0.3, 0.4) is 0 Å². The summed E-state index contributed by atoms with van der Waals surface area (Å²) in [6.45, 7) is 1.55. The molecule has 0 unspecified atom stereocenters. The first-order chi connectivity index (χ1) is 14.8. The number of carboxylic acids is 1. The van der Waals surface area contributed by atoms with Crippen molar-refractivity contribution in [3.63, 3.8) is 0 Å².